The Balaban J connectivity index is 1.79. The molecule has 1 aliphatic rings. The molecule has 0 aromatic heterocycles. The molecule has 178 valence electrons. The first-order valence-electron chi connectivity index (χ1n) is 9.28. The molecular formula is C19H20F3N5O4S2. The molecular weight excluding hydrogens is 483 g/mol. The Hall–Kier alpha value is -2.94. The summed E-state index contributed by atoms with van der Waals surface area (Å²) in [6.45, 7) is -0.0543. The number of benzene rings is 2. The van der Waals surface area contributed by atoms with Crippen LogP contribution >= 0.6 is 0 Å². The van der Waals surface area contributed by atoms with E-state index in [4.69, 9.17) is 5.14 Å². The summed E-state index contributed by atoms with van der Waals surface area (Å²) in [6, 6.07) is 10.7. The van der Waals surface area contributed by atoms with Gasteiger partial charge in [0.1, 0.15) is 6.17 Å². The summed E-state index contributed by atoms with van der Waals surface area (Å²) in [4.78, 5) is 3.68. The number of nitrogens with zero attached hydrogens (tertiary/aromatic N) is 2. The van der Waals surface area contributed by atoms with Crippen LogP contribution in [0.2, 0.25) is 0 Å². The van der Waals surface area contributed by atoms with Crippen molar-refractivity contribution in [2.75, 3.05) is 11.6 Å². The maximum Gasteiger partial charge on any atom is 0.488 e. The van der Waals surface area contributed by atoms with Crippen LogP contribution in [0.4, 0.5) is 18.9 Å². The van der Waals surface area contributed by atoms with Crippen LogP contribution in [0.15, 0.2) is 75.6 Å². The van der Waals surface area contributed by atoms with Crippen LogP contribution < -0.4 is 15.8 Å². The van der Waals surface area contributed by atoms with E-state index >= 15 is 0 Å². The number of nitrogens with two attached hydrogens (primary N) is 1. The van der Waals surface area contributed by atoms with E-state index in [9.17, 15) is 30.0 Å². The van der Waals surface area contributed by atoms with Crippen molar-refractivity contribution < 1.29 is 30.0 Å². The molecule has 1 unspecified atom stereocenters. The third kappa shape index (κ3) is 6.31. The van der Waals surface area contributed by atoms with Gasteiger partial charge in [-0.25, -0.2) is 31.9 Å². The number of halogens is 3. The van der Waals surface area contributed by atoms with Gasteiger partial charge in [-0.2, -0.15) is 0 Å². The number of anilines is 1. The van der Waals surface area contributed by atoms with Crippen LogP contribution in [0.1, 0.15) is 5.56 Å². The fraction of sp³-hybridized carbons (Fsp3) is 0.211. The quantitative estimate of drug-likeness (QED) is 0.513. The third-order valence-corrected chi connectivity index (χ3v) is 6.57. The minimum atomic E-state index is -4.83. The second-order valence-electron chi connectivity index (χ2n) is 7.07. The zero-order valence-electron chi connectivity index (χ0n) is 17.1. The van der Waals surface area contributed by atoms with Gasteiger partial charge >= 0.3 is 6.30 Å². The molecule has 0 spiro atoms. The highest BCUT2D eigenvalue weighted by atomic mass is 32.2. The average Bonchev–Trinajstić information content (AvgIpc) is 2.71. The molecule has 14 heteroatoms. The topological polar surface area (TPSA) is 134 Å². The van der Waals surface area contributed by atoms with Crippen molar-refractivity contribution in [2.45, 2.75) is 28.8 Å². The molecule has 0 saturated carbocycles. The largest absolute Gasteiger partial charge is 0.488 e. The number of primary sulfonamides is 1. The second-order valence-corrected chi connectivity index (χ2v) is 10.6. The lowest BCUT2D eigenvalue weighted by Crippen LogP contribution is -2.57. The van der Waals surface area contributed by atoms with E-state index in [2.05, 4.69) is 15.6 Å². The van der Waals surface area contributed by atoms with Crippen molar-refractivity contribution in [3.8, 4) is 0 Å². The van der Waals surface area contributed by atoms with Crippen LogP contribution in [-0.4, -0.2) is 46.4 Å². The van der Waals surface area contributed by atoms with E-state index in [1.165, 1.54) is 42.6 Å². The van der Waals surface area contributed by atoms with Crippen LogP contribution in [0.3, 0.4) is 0 Å². The number of hydrogen-bond donors (Lipinski definition) is 3. The van der Waals surface area contributed by atoms with Crippen LogP contribution in [0.25, 0.3) is 0 Å². The first kappa shape index (κ1) is 24.7. The number of rotatable bonds is 6. The van der Waals surface area contributed by atoms with Gasteiger partial charge in [-0.15, -0.1) is 13.2 Å². The molecule has 1 atom stereocenters. The van der Waals surface area contributed by atoms with Gasteiger partial charge in [-0.1, -0.05) is 12.1 Å². The van der Waals surface area contributed by atoms with Crippen molar-refractivity contribution in [1.29, 1.82) is 0 Å². The highest BCUT2D eigenvalue weighted by molar-refractivity contribution is 7.90. The Morgan fingerprint density at radius 3 is 2.30 bits per heavy atom. The SMILES string of the molecule is CS(=O)(=O)c1cccc(CNC2C=CN=C(Nc3ccc(S(N)(=O)=O)cc3)N2C(F)(F)F)c1. The maximum absolute atomic E-state index is 13.9. The minimum absolute atomic E-state index is 0.0543. The van der Waals surface area contributed by atoms with Crippen LogP contribution in [0.5, 0.6) is 0 Å². The normalized spacial score (nSPS) is 17.1. The summed E-state index contributed by atoms with van der Waals surface area (Å²) in [6.07, 6.45) is -2.75. The number of alkyl halides is 3. The zero-order valence-corrected chi connectivity index (χ0v) is 18.7. The first-order valence-corrected chi connectivity index (χ1v) is 12.7. The molecule has 3 rings (SSSR count). The van der Waals surface area contributed by atoms with Gasteiger partial charge in [0.15, 0.2) is 9.84 Å². The first-order chi connectivity index (χ1) is 15.2. The van der Waals surface area contributed by atoms with E-state index in [0.29, 0.717) is 5.56 Å². The van der Waals surface area contributed by atoms with Crippen molar-refractivity contribution in [1.82, 2.24) is 10.2 Å². The molecule has 33 heavy (non-hydrogen) atoms. The summed E-state index contributed by atoms with van der Waals surface area (Å²) >= 11 is 0. The van der Waals surface area contributed by atoms with Gasteiger partial charge in [0, 0.05) is 24.7 Å². The number of nitrogens with one attached hydrogen (secondary N) is 2. The van der Waals surface area contributed by atoms with E-state index in [1.54, 1.807) is 6.07 Å². The van der Waals surface area contributed by atoms with Crippen LogP contribution in [-0.2, 0) is 26.4 Å². The molecule has 4 N–H and O–H groups in total. The zero-order chi connectivity index (χ0) is 24.4. The lowest BCUT2D eigenvalue weighted by Gasteiger charge is -2.36. The lowest BCUT2D eigenvalue weighted by molar-refractivity contribution is -0.228. The Labute approximate surface area is 188 Å². The molecule has 1 heterocycles. The number of hydrogen-bond acceptors (Lipinski definition) is 8. The lowest BCUT2D eigenvalue weighted by atomic mass is 10.2. The molecule has 9 nitrogen and oxygen atoms in total. The van der Waals surface area contributed by atoms with Crippen molar-refractivity contribution in [3.63, 3.8) is 0 Å². The molecule has 0 radical (unpaired) electrons. The molecule has 2 aromatic rings. The highest BCUT2D eigenvalue weighted by Crippen LogP contribution is 2.27. The van der Waals surface area contributed by atoms with Crippen molar-refractivity contribution >= 4 is 31.5 Å². The average molecular weight is 504 g/mol. The van der Waals surface area contributed by atoms with Crippen molar-refractivity contribution in [3.05, 3.63) is 66.4 Å². The van der Waals surface area contributed by atoms with Gasteiger partial charge in [0.25, 0.3) is 0 Å². The third-order valence-electron chi connectivity index (χ3n) is 4.53. The number of guanidine groups is 1. The molecule has 2 aromatic carbocycles. The fourth-order valence-electron chi connectivity index (χ4n) is 2.97. The molecule has 0 amide bonds. The summed E-state index contributed by atoms with van der Waals surface area (Å²) in [5.74, 6) is -0.546. The standard InChI is InChI=1S/C19H20F3N5O4S2/c1-32(28,29)16-4-2-3-13(11-16)12-25-17-9-10-24-18(27(17)19(20,21)22)26-14-5-7-15(8-6-14)33(23,30)31/h2-11,17,25H,12H2,1H3,(H,24,26)(H2,23,30,31). The summed E-state index contributed by atoms with van der Waals surface area (Å²) in [5, 5.41) is 10.3. The summed E-state index contributed by atoms with van der Waals surface area (Å²) in [5.41, 5.74) is 0.634. The fourth-order valence-corrected chi connectivity index (χ4v) is 4.18. The molecule has 0 fully saturated rings. The number of sulfonamides is 1. The van der Waals surface area contributed by atoms with Gasteiger partial charge in [0.05, 0.1) is 9.79 Å². The summed E-state index contributed by atoms with van der Waals surface area (Å²) in [7, 11) is -7.41. The van der Waals surface area contributed by atoms with Gasteiger partial charge < -0.3 is 5.32 Å². The highest BCUT2D eigenvalue weighted by Gasteiger charge is 2.44. The molecule has 1 aliphatic heterocycles. The van der Waals surface area contributed by atoms with Crippen LogP contribution in [0, 0.1) is 0 Å². The molecule has 0 bridgehead atoms. The number of aliphatic imine (C=N–C) groups is 1. The van der Waals surface area contributed by atoms with Gasteiger partial charge in [-0.3, -0.25) is 5.32 Å². The Kier molecular flexibility index (Phi) is 6.83. The maximum atomic E-state index is 13.9. The number of sulfone groups is 1. The molecule has 0 aliphatic carbocycles. The van der Waals surface area contributed by atoms with E-state index < -0.39 is 38.3 Å². The van der Waals surface area contributed by atoms with Gasteiger partial charge in [-0.05, 0) is 48.0 Å². The van der Waals surface area contributed by atoms with E-state index in [-0.39, 0.29) is 26.9 Å². The van der Waals surface area contributed by atoms with Gasteiger partial charge in [0.2, 0.25) is 16.0 Å². The van der Waals surface area contributed by atoms with E-state index in [1.807, 2.05) is 0 Å². The minimum Gasteiger partial charge on any atom is -0.326 e. The summed E-state index contributed by atoms with van der Waals surface area (Å²) < 4.78 is 87.7. The smallest absolute Gasteiger partial charge is 0.326 e. The predicted molar refractivity (Wildman–Crippen MR) is 116 cm³/mol. The van der Waals surface area contributed by atoms with Crippen molar-refractivity contribution in [2.24, 2.45) is 10.1 Å². The Morgan fingerprint density at radius 2 is 1.73 bits per heavy atom. The Bertz CT molecular complexity index is 1290. The predicted octanol–water partition coefficient (Wildman–Crippen LogP) is 1.97. The Morgan fingerprint density at radius 1 is 1.06 bits per heavy atom. The van der Waals surface area contributed by atoms with E-state index in [0.717, 1.165) is 18.4 Å². The monoisotopic (exact) mass is 503 g/mol. The molecule has 0 saturated heterocycles. The second kappa shape index (κ2) is 9.13.